The zero-order valence-electron chi connectivity index (χ0n) is 12.7. The van der Waals surface area contributed by atoms with Crippen molar-refractivity contribution in [2.75, 3.05) is 10.6 Å². The Morgan fingerprint density at radius 1 is 1.08 bits per heavy atom. The fourth-order valence-corrected chi connectivity index (χ4v) is 2.69. The van der Waals surface area contributed by atoms with Crippen molar-refractivity contribution in [3.05, 3.63) is 68.9 Å². The van der Waals surface area contributed by atoms with E-state index < -0.39 is 5.97 Å². The number of hydrogen-bond acceptors (Lipinski definition) is 5. The van der Waals surface area contributed by atoms with Gasteiger partial charge in [0.05, 0.1) is 17.4 Å². The fraction of sp³-hybridized carbons (Fsp3) is 0. The van der Waals surface area contributed by atoms with Gasteiger partial charge in [0.2, 0.25) is 5.95 Å². The molecular weight excluding hydrogens is 455 g/mol. The number of aromatic carboxylic acids is 1. The van der Waals surface area contributed by atoms with Crippen molar-refractivity contribution in [1.29, 1.82) is 0 Å². The van der Waals surface area contributed by atoms with Crippen LogP contribution in [-0.4, -0.2) is 21.0 Å². The Morgan fingerprint density at radius 3 is 2.48 bits per heavy atom. The van der Waals surface area contributed by atoms with Gasteiger partial charge in [-0.25, -0.2) is 9.78 Å². The molecule has 3 aromatic rings. The van der Waals surface area contributed by atoms with E-state index in [0.29, 0.717) is 22.5 Å². The second kappa shape index (κ2) is 7.66. The number of halogens is 2. The van der Waals surface area contributed by atoms with Gasteiger partial charge in [0.1, 0.15) is 5.02 Å². The fourth-order valence-electron chi connectivity index (χ4n) is 2.03. The van der Waals surface area contributed by atoms with Gasteiger partial charge in [0, 0.05) is 9.26 Å². The summed E-state index contributed by atoms with van der Waals surface area (Å²) in [6.07, 6.45) is 1.50. The van der Waals surface area contributed by atoms with Crippen LogP contribution in [0.15, 0.2) is 54.7 Å². The Kier molecular flexibility index (Phi) is 5.34. The summed E-state index contributed by atoms with van der Waals surface area (Å²) in [4.78, 5) is 19.4. The van der Waals surface area contributed by atoms with E-state index in [4.69, 9.17) is 16.7 Å². The Bertz CT molecular complexity index is 919. The number of carboxylic acid groups (broad SMARTS) is 1. The first-order chi connectivity index (χ1) is 12.0. The lowest BCUT2D eigenvalue weighted by Crippen LogP contribution is -2.02. The average molecular weight is 467 g/mol. The Labute approximate surface area is 162 Å². The molecule has 6 nitrogen and oxygen atoms in total. The average Bonchev–Trinajstić information content (AvgIpc) is 2.60. The van der Waals surface area contributed by atoms with Gasteiger partial charge in [0.25, 0.3) is 0 Å². The SMILES string of the molecule is O=C(O)c1ccc(Nc2ncc(Cl)c(Nc3ccccc3I)n2)cc1. The van der Waals surface area contributed by atoms with E-state index in [9.17, 15) is 4.79 Å². The quantitative estimate of drug-likeness (QED) is 0.463. The molecule has 3 N–H and O–H groups in total. The van der Waals surface area contributed by atoms with Crippen molar-refractivity contribution in [1.82, 2.24) is 9.97 Å². The Morgan fingerprint density at radius 2 is 1.80 bits per heavy atom. The van der Waals surface area contributed by atoms with E-state index in [-0.39, 0.29) is 5.56 Å². The maximum atomic E-state index is 10.9. The van der Waals surface area contributed by atoms with Gasteiger partial charge in [0.15, 0.2) is 5.82 Å². The minimum Gasteiger partial charge on any atom is -0.478 e. The first kappa shape index (κ1) is 17.4. The smallest absolute Gasteiger partial charge is 0.335 e. The van der Waals surface area contributed by atoms with Gasteiger partial charge in [-0.1, -0.05) is 23.7 Å². The monoisotopic (exact) mass is 466 g/mol. The largest absolute Gasteiger partial charge is 0.478 e. The number of benzene rings is 2. The normalized spacial score (nSPS) is 10.3. The first-order valence-electron chi connectivity index (χ1n) is 7.17. The van der Waals surface area contributed by atoms with Crippen molar-refractivity contribution in [3.8, 4) is 0 Å². The Balaban J connectivity index is 1.81. The lowest BCUT2D eigenvalue weighted by Gasteiger charge is -2.11. The first-order valence-corrected chi connectivity index (χ1v) is 8.63. The molecule has 0 fully saturated rings. The lowest BCUT2D eigenvalue weighted by molar-refractivity contribution is 0.0697. The molecule has 0 unspecified atom stereocenters. The van der Waals surface area contributed by atoms with Gasteiger partial charge in [-0.3, -0.25) is 0 Å². The molecule has 0 amide bonds. The summed E-state index contributed by atoms with van der Waals surface area (Å²) in [6, 6.07) is 14.1. The zero-order valence-corrected chi connectivity index (χ0v) is 15.6. The molecule has 0 aliphatic carbocycles. The highest BCUT2D eigenvalue weighted by atomic mass is 127. The van der Waals surface area contributed by atoms with Gasteiger partial charge < -0.3 is 15.7 Å². The van der Waals surface area contributed by atoms with Crippen molar-refractivity contribution < 1.29 is 9.90 Å². The number of rotatable bonds is 5. The molecule has 0 radical (unpaired) electrons. The van der Waals surface area contributed by atoms with Gasteiger partial charge in [-0.2, -0.15) is 4.98 Å². The van der Waals surface area contributed by atoms with Crippen LogP contribution in [0.1, 0.15) is 10.4 Å². The molecule has 8 heteroatoms. The van der Waals surface area contributed by atoms with Crippen molar-refractivity contribution >= 4 is 63.3 Å². The third-order valence-corrected chi connectivity index (χ3v) is 4.48. The maximum Gasteiger partial charge on any atom is 0.335 e. The zero-order chi connectivity index (χ0) is 17.8. The van der Waals surface area contributed by atoms with E-state index in [2.05, 4.69) is 43.2 Å². The summed E-state index contributed by atoms with van der Waals surface area (Å²) < 4.78 is 1.04. The van der Waals surface area contributed by atoms with Gasteiger partial charge in [-0.05, 0) is 59.0 Å². The highest BCUT2D eigenvalue weighted by molar-refractivity contribution is 14.1. The number of hydrogen-bond donors (Lipinski definition) is 3. The topological polar surface area (TPSA) is 87.1 Å². The van der Waals surface area contributed by atoms with Crippen molar-refractivity contribution in [2.24, 2.45) is 0 Å². The third-order valence-electron chi connectivity index (χ3n) is 3.26. The molecular formula is C17H12ClIN4O2. The van der Waals surface area contributed by atoms with E-state index in [1.54, 1.807) is 12.1 Å². The Hall–Kier alpha value is -2.39. The predicted molar refractivity (Wildman–Crippen MR) is 106 cm³/mol. The van der Waals surface area contributed by atoms with Crippen LogP contribution in [0.3, 0.4) is 0 Å². The van der Waals surface area contributed by atoms with Gasteiger partial charge >= 0.3 is 5.97 Å². The second-order valence-electron chi connectivity index (χ2n) is 5.00. The van der Waals surface area contributed by atoms with Gasteiger partial charge in [-0.15, -0.1) is 0 Å². The van der Waals surface area contributed by atoms with Crippen LogP contribution in [0.25, 0.3) is 0 Å². The summed E-state index contributed by atoms with van der Waals surface area (Å²) in [7, 11) is 0. The lowest BCUT2D eigenvalue weighted by atomic mass is 10.2. The summed E-state index contributed by atoms with van der Waals surface area (Å²) in [6.45, 7) is 0. The molecule has 25 heavy (non-hydrogen) atoms. The molecule has 0 saturated heterocycles. The second-order valence-corrected chi connectivity index (χ2v) is 6.57. The van der Waals surface area contributed by atoms with Crippen LogP contribution in [-0.2, 0) is 0 Å². The molecule has 1 heterocycles. The predicted octanol–water partition coefficient (Wildman–Crippen LogP) is 4.92. The molecule has 0 bridgehead atoms. The number of carboxylic acids is 1. The van der Waals surface area contributed by atoms with E-state index in [1.165, 1.54) is 18.3 Å². The molecule has 2 aromatic carbocycles. The molecule has 3 rings (SSSR count). The van der Waals surface area contributed by atoms with Crippen LogP contribution < -0.4 is 10.6 Å². The summed E-state index contributed by atoms with van der Waals surface area (Å²) in [5, 5.41) is 15.5. The van der Waals surface area contributed by atoms with Crippen LogP contribution >= 0.6 is 34.2 Å². The maximum absolute atomic E-state index is 10.9. The summed E-state index contributed by atoms with van der Waals surface area (Å²) >= 11 is 8.40. The number of nitrogens with zero attached hydrogens (tertiary/aromatic N) is 2. The number of anilines is 4. The molecule has 0 spiro atoms. The van der Waals surface area contributed by atoms with Crippen LogP contribution in [0.2, 0.25) is 5.02 Å². The molecule has 0 aliphatic rings. The molecule has 0 atom stereocenters. The summed E-state index contributed by atoms with van der Waals surface area (Å²) in [5.74, 6) is -0.149. The van der Waals surface area contributed by atoms with E-state index in [0.717, 1.165) is 9.26 Å². The summed E-state index contributed by atoms with van der Waals surface area (Å²) in [5.41, 5.74) is 1.77. The van der Waals surface area contributed by atoms with Crippen LogP contribution in [0.5, 0.6) is 0 Å². The number of nitrogens with one attached hydrogen (secondary N) is 2. The number of carbonyl (C=O) groups is 1. The minimum absolute atomic E-state index is 0.212. The number of aromatic nitrogens is 2. The highest BCUT2D eigenvalue weighted by Gasteiger charge is 2.08. The van der Waals surface area contributed by atoms with Crippen molar-refractivity contribution in [2.45, 2.75) is 0 Å². The van der Waals surface area contributed by atoms with Crippen LogP contribution in [0.4, 0.5) is 23.1 Å². The molecule has 126 valence electrons. The van der Waals surface area contributed by atoms with E-state index in [1.807, 2.05) is 24.3 Å². The van der Waals surface area contributed by atoms with E-state index >= 15 is 0 Å². The molecule has 0 saturated carbocycles. The minimum atomic E-state index is -0.974. The third kappa shape index (κ3) is 4.37. The number of para-hydroxylation sites is 1. The van der Waals surface area contributed by atoms with Crippen molar-refractivity contribution in [3.63, 3.8) is 0 Å². The molecule has 1 aromatic heterocycles. The highest BCUT2D eigenvalue weighted by Crippen LogP contribution is 2.27. The molecule has 0 aliphatic heterocycles. The standard InChI is InChI=1S/C17H12ClIN4O2/c18-12-9-20-17(21-11-7-5-10(6-8-11)16(24)25)23-15(12)22-14-4-2-1-3-13(14)19/h1-9H,(H,24,25)(H2,20,21,22,23). The van der Waals surface area contributed by atoms with Crippen LogP contribution in [0, 0.1) is 3.57 Å².